The summed E-state index contributed by atoms with van der Waals surface area (Å²) in [7, 11) is 0. The average Bonchev–Trinajstić information content (AvgIpc) is 3.11. The van der Waals surface area contributed by atoms with E-state index in [-0.39, 0.29) is 23.1 Å². The van der Waals surface area contributed by atoms with Gasteiger partial charge in [0.15, 0.2) is 11.7 Å². The molecule has 1 aromatic heterocycles. The van der Waals surface area contributed by atoms with E-state index in [0.717, 1.165) is 24.0 Å². The van der Waals surface area contributed by atoms with Gasteiger partial charge < -0.3 is 31.3 Å². The Balaban J connectivity index is 0.00000176. The van der Waals surface area contributed by atoms with E-state index in [9.17, 15) is 9.90 Å². The van der Waals surface area contributed by atoms with Gasteiger partial charge in [-0.1, -0.05) is 6.07 Å². The van der Waals surface area contributed by atoms with Crippen LogP contribution in [0.15, 0.2) is 17.5 Å². The number of aliphatic hydroxyl groups is 1. The Hall–Kier alpha value is -0.430. The lowest BCUT2D eigenvalue weighted by Crippen LogP contribution is -3.00. The molecule has 0 saturated carbocycles. The second-order valence-electron chi connectivity index (χ2n) is 6.62. The largest absolute Gasteiger partial charge is 1.00 e. The predicted octanol–water partition coefficient (Wildman–Crippen LogP) is -0.724. The summed E-state index contributed by atoms with van der Waals surface area (Å²) in [4.78, 5) is 13.0. The fourth-order valence-corrected chi connectivity index (χ4v) is 4.41. The number of nitrogens with zero attached hydrogens (tertiary/aromatic N) is 1. The molecule has 1 aromatic rings. The zero-order chi connectivity index (χ0) is 14.9. The molecule has 0 bridgehead atoms. The van der Waals surface area contributed by atoms with Crippen molar-refractivity contribution in [1.82, 2.24) is 0 Å². The van der Waals surface area contributed by atoms with Crippen LogP contribution in [0.3, 0.4) is 0 Å². The third-order valence-corrected chi connectivity index (χ3v) is 6.03. The molecule has 2 atom stereocenters. The second-order valence-corrected chi connectivity index (χ2v) is 7.57. The first-order chi connectivity index (χ1) is 10.0. The molecule has 2 fully saturated rings. The monoisotopic (exact) mass is 389 g/mol. The smallest absolute Gasteiger partial charge is 0.343 e. The van der Waals surface area contributed by atoms with Gasteiger partial charge in [-0.2, -0.15) is 0 Å². The molecule has 3 heterocycles. The number of hydrogen-bond donors (Lipinski definition) is 1. The van der Waals surface area contributed by atoms with Crippen LogP contribution in [0.4, 0.5) is 0 Å². The maximum atomic E-state index is 12.3. The Morgan fingerprint density at radius 2 is 2.09 bits per heavy atom. The number of rotatable bonds is 3. The van der Waals surface area contributed by atoms with Crippen LogP contribution in [0.2, 0.25) is 0 Å². The Labute approximate surface area is 146 Å². The molecule has 1 N–H and O–H groups in total. The van der Waals surface area contributed by atoms with Crippen molar-refractivity contribution in [3.63, 3.8) is 0 Å². The second kappa shape index (κ2) is 6.99. The number of hydrogen-bond acceptors (Lipinski definition) is 4. The molecule has 22 heavy (non-hydrogen) atoms. The summed E-state index contributed by atoms with van der Waals surface area (Å²) in [6.45, 7) is 6.00. The number of carbonyl (C=O) groups is 1. The standard InChI is InChI=1S/C16H24NO3S.BrH/c1-16(19,14-6-5-11-21-14)15(18)20-13-7-10-17(12-13)8-3-2-4-9-17;/h5-6,11,13,19H,2-4,7-10,12H2,1H3;1H/q+1;/p-1. The highest BCUT2D eigenvalue weighted by Crippen LogP contribution is 2.31. The summed E-state index contributed by atoms with van der Waals surface area (Å²) >= 11 is 1.38. The summed E-state index contributed by atoms with van der Waals surface area (Å²) in [6, 6.07) is 3.62. The molecule has 124 valence electrons. The Kier molecular flexibility index (Phi) is 5.69. The number of esters is 1. The molecular formula is C16H24BrNO3S. The van der Waals surface area contributed by atoms with Gasteiger partial charge in [0, 0.05) is 11.3 Å². The number of quaternary nitrogens is 1. The van der Waals surface area contributed by atoms with Crippen molar-refractivity contribution in [1.29, 1.82) is 0 Å². The highest BCUT2D eigenvalue weighted by molar-refractivity contribution is 7.10. The maximum Gasteiger partial charge on any atom is 0.343 e. The molecule has 4 nitrogen and oxygen atoms in total. The molecule has 1 spiro atoms. The van der Waals surface area contributed by atoms with E-state index in [4.69, 9.17) is 4.74 Å². The van der Waals surface area contributed by atoms with E-state index in [1.807, 2.05) is 11.4 Å². The first-order valence-corrected chi connectivity index (χ1v) is 8.72. The van der Waals surface area contributed by atoms with Gasteiger partial charge in [-0.3, -0.25) is 0 Å². The van der Waals surface area contributed by atoms with E-state index >= 15 is 0 Å². The van der Waals surface area contributed by atoms with Crippen LogP contribution >= 0.6 is 11.3 Å². The Morgan fingerprint density at radius 3 is 2.73 bits per heavy atom. The fraction of sp³-hybridized carbons (Fsp3) is 0.688. The van der Waals surface area contributed by atoms with E-state index in [1.165, 1.54) is 50.6 Å². The first kappa shape index (κ1) is 17.9. The Bertz CT molecular complexity index is 497. The highest BCUT2D eigenvalue weighted by Gasteiger charge is 2.43. The van der Waals surface area contributed by atoms with E-state index < -0.39 is 11.6 Å². The topological polar surface area (TPSA) is 46.5 Å². The van der Waals surface area contributed by atoms with Crippen LogP contribution in [-0.2, 0) is 15.1 Å². The van der Waals surface area contributed by atoms with Gasteiger partial charge in [-0.25, -0.2) is 4.79 Å². The van der Waals surface area contributed by atoms with Crippen LogP contribution < -0.4 is 17.0 Å². The lowest BCUT2D eigenvalue weighted by molar-refractivity contribution is -0.922. The van der Waals surface area contributed by atoms with Crippen molar-refractivity contribution < 1.29 is 36.1 Å². The fourth-order valence-electron chi connectivity index (χ4n) is 3.64. The normalized spacial score (nSPS) is 26.2. The molecule has 0 radical (unpaired) electrons. The number of piperidine rings is 1. The molecular weight excluding hydrogens is 366 g/mol. The zero-order valence-corrected chi connectivity index (χ0v) is 15.4. The SMILES string of the molecule is CC(O)(C(=O)OC1CC[N+]2(CCCCC2)C1)c1cccs1.[Br-]. The van der Waals surface area contributed by atoms with E-state index in [2.05, 4.69) is 0 Å². The van der Waals surface area contributed by atoms with Crippen LogP contribution in [0.25, 0.3) is 0 Å². The van der Waals surface area contributed by atoms with Crippen molar-refractivity contribution in [3.05, 3.63) is 22.4 Å². The van der Waals surface area contributed by atoms with Crippen LogP contribution in [-0.4, -0.2) is 47.8 Å². The molecule has 2 unspecified atom stereocenters. The quantitative estimate of drug-likeness (QED) is 0.547. The summed E-state index contributed by atoms with van der Waals surface area (Å²) in [5, 5.41) is 12.3. The third-order valence-electron chi connectivity index (χ3n) is 4.95. The summed E-state index contributed by atoms with van der Waals surface area (Å²) in [5.74, 6) is -0.507. The van der Waals surface area contributed by atoms with Gasteiger partial charge in [0.05, 0.1) is 19.6 Å². The summed E-state index contributed by atoms with van der Waals surface area (Å²) in [5.41, 5.74) is -1.52. The van der Waals surface area contributed by atoms with E-state index in [0.29, 0.717) is 4.88 Å². The maximum absolute atomic E-state index is 12.3. The van der Waals surface area contributed by atoms with Crippen molar-refractivity contribution >= 4 is 17.3 Å². The molecule has 0 amide bonds. The van der Waals surface area contributed by atoms with Crippen LogP contribution in [0.5, 0.6) is 0 Å². The van der Waals surface area contributed by atoms with Crippen molar-refractivity contribution in [2.45, 2.75) is 44.3 Å². The van der Waals surface area contributed by atoms with Gasteiger partial charge in [-0.15, -0.1) is 11.3 Å². The summed E-state index contributed by atoms with van der Waals surface area (Å²) in [6.07, 6.45) is 4.78. The average molecular weight is 390 g/mol. The molecule has 2 aliphatic heterocycles. The first-order valence-electron chi connectivity index (χ1n) is 7.84. The molecule has 0 aliphatic carbocycles. The molecule has 2 aliphatic rings. The van der Waals surface area contributed by atoms with Gasteiger partial charge in [-0.05, 0) is 37.6 Å². The molecule has 3 rings (SSSR count). The Morgan fingerprint density at radius 1 is 1.36 bits per heavy atom. The molecule has 6 heteroatoms. The number of ether oxygens (including phenoxy) is 1. The number of halogens is 1. The minimum Gasteiger partial charge on any atom is -1.00 e. The molecule has 0 aromatic carbocycles. The third kappa shape index (κ3) is 3.55. The molecule has 2 saturated heterocycles. The summed E-state index contributed by atoms with van der Waals surface area (Å²) < 4.78 is 6.74. The highest BCUT2D eigenvalue weighted by atomic mass is 79.9. The van der Waals surface area contributed by atoms with Gasteiger partial charge in [0.2, 0.25) is 0 Å². The van der Waals surface area contributed by atoms with Crippen molar-refractivity contribution in [2.24, 2.45) is 0 Å². The van der Waals surface area contributed by atoms with Gasteiger partial charge in [0.25, 0.3) is 0 Å². The van der Waals surface area contributed by atoms with Gasteiger partial charge in [0.1, 0.15) is 6.54 Å². The lowest BCUT2D eigenvalue weighted by Gasteiger charge is -2.37. The van der Waals surface area contributed by atoms with Crippen molar-refractivity contribution in [2.75, 3.05) is 26.2 Å². The van der Waals surface area contributed by atoms with Crippen LogP contribution in [0.1, 0.15) is 37.5 Å². The lowest BCUT2D eigenvalue weighted by atomic mass is 10.1. The van der Waals surface area contributed by atoms with E-state index in [1.54, 1.807) is 6.07 Å². The minimum absolute atomic E-state index is 0. The number of carbonyl (C=O) groups excluding carboxylic acids is 1. The van der Waals surface area contributed by atoms with Crippen LogP contribution in [0, 0.1) is 0 Å². The predicted molar refractivity (Wildman–Crippen MR) is 82.0 cm³/mol. The zero-order valence-electron chi connectivity index (χ0n) is 13.0. The van der Waals surface area contributed by atoms with Crippen molar-refractivity contribution in [3.8, 4) is 0 Å². The minimum atomic E-state index is -1.52. The van der Waals surface area contributed by atoms with Gasteiger partial charge >= 0.3 is 5.97 Å². The number of thiophene rings is 1.